The number of ether oxygens (including phenoxy) is 1. The number of halogens is 3. The summed E-state index contributed by atoms with van der Waals surface area (Å²) in [6, 6.07) is 7.72. The molecule has 1 heterocycles. The lowest BCUT2D eigenvalue weighted by Crippen LogP contribution is -2.25. The fourth-order valence-corrected chi connectivity index (χ4v) is 2.39. The molecule has 0 saturated heterocycles. The van der Waals surface area contributed by atoms with Gasteiger partial charge in [0.25, 0.3) is 5.91 Å². The standard InChI is InChI=1S/C19H20F3N3O3/c1-28-16(26)9-2-3-10-24-18(27)15-8-5-11-23-17(15)25-14-7-4-6-13(12-14)19(20,21)22/h4-8,11-12H,2-3,9-10H2,1H3,(H,23,25)(H,24,27). The Morgan fingerprint density at radius 1 is 1.14 bits per heavy atom. The average molecular weight is 395 g/mol. The Hall–Kier alpha value is -3.10. The van der Waals surface area contributed by atoms with Crippen LogP contribution in [0.15, 0.2) is 42.6 Å². The van der Waals surface area contributed by atoms with E-state index in [-0.39, 0.29) is 29.5 Å². The van der Waals surface area contributed by atoms with Crippen LogP contribution >= 0.6 is 0 Å². The highest BCUT2D eigenvalue weighted by molar-refractivity contribution is 5.99. The second-order valence-electron chi connectivity index (χ2n) is 5.89. The van der Waals surface area contributed by atoms with E-state index < -0.39 is 17.6 Å². The Kier molecular flexibility index (Phi) is 7.36. The lowest BCUT2D eigenvalue weighted by molar-refractivity contribution is -0.140. The van der Waals surface area contributed by atoms with Crippen LogP contribution in [0.1, 0.15) is 35.2 Å². The number of hydrogen-bond donors (Lipinski definition) is 2. The van der Waals surface area contributed by atoms with Crippen molar-refractivity contribution in [3.63, 3.8) is 0 Å². The number of anilines is 2. The maximum atomic E-state index is 12.9. The van der Waals surface area contributed by atoms with Crippen molar-refractivity contribution < 1.29 is 27.5 Å². The summed E-state index contributed by atoms with van der Waals surface area (Å²) >= 11 is 0. The first-order valence-corrected chi connectivity index (χ1v) is 8.55. The molecule has 0 fully saturated rings. The molecule has 2 N–H and O–H groups in total. The van der Waals surface area contributed by atoms with Crippen LogP contribution in [0.25, 0.3) is 0 Å². The van der Waals surface area contributed by atoms with E-state index in [1.807, 2.05) is 0 Å². The van der Waals surface area contributed by atoms with E-state index in [1.165, 1.54) is 31.5 Å². The molecule has 0 bridgehead atoms. The van der Waals surface area contributed by atoms with Crippen LogP contribution in [0.3, 0.4) is 0 Å². The van der Waals surface area contributed by atoms with Crippen molar-refractivity contribution in [2.24, 2.45) is 0 Å². The number of aromatic nitrogens is 1. The van der Waals surface area contributed by atoms with Crippen molar-refractivity contribution >= 4 is 23.4 Å². The van der Waals surface area contributed by atoms with Crippen LogP contribution in [-0.2, 0) is 15.7 Å². The normalized spacial score (nSPS) is 11.0. The van der Waals surface area contributed by atoms with Crippen LogP contribution in [0.4, 0.5) is 24.7 Å². The summed E-state index contributed by atoms with van der Waals surface area (Å²) in [5.74, 6) is -0.583. The second kappa shape index (κ2) is 9.72. The number of rotatable bonds is 8. The number of benzene rings is 1. The summed E-state index contributed by atoms with van der Waals surface area (Å²) in [6.45, 7) is 0.341. The zero-order chi connectivity index (χ0) is 20.6. The number of unbranched alkanes of at least 4 members (excludes halogenated alkanes) is 1. The molecule has 150 valence electrons. The molecule has 6 nitrogen and oxygen atoms in total. The maximum Gasteiger partial charge on any atom is 0.416 e. The third-order valence-corrected chi connectivity index (χ3v) is 3.83. The molecule has 1 aromatic heterocycles. The molecule has 2 aromatic rings. The topological polar surface area (TPSA) is 80.3 Å². The summed E-state index contributed by atoms with van der Waals surface area (Å²) in [6.07, 6.45) is -1.62. The molecule has 0 atom stereocenters. The molecule has 28 heavy (non-hydrogen) atoms. The first-order valence-electron chi connectivity index (χ1n) is 8.55. The van der Waals surface area contributed by atoms with Crippen LogP contribution in [-0.4, -0.2) is 30.5 Å². The molecule has 0 saturated carbocycles. The smallest absolute Gasteiger partial charge is 0.416 e. The van der Waals surface area contributed by atoms with E-state index in [0.29, 0.717) is 19.4 Å². The Morgan fingerprint density at radius 3 is 2.64 bits per heavy atom. The van der Waals surface area contributed by atoms with E-state index in [0.717, 1.165) is 12.1 Å². The molecule has 1 aromatic carbocycles. The Morgan fingerprint density at radius 2 is 1.93 bits per heavy atom. The molecule has 1 amide bonds. The highest BCUT2D eigenvalue weighted by atomic mass is 19.4. The largest absolute Gasteiger partial charge is 0.469 e. The van der Waals surface area contributed by atoms with Gasteiger partial charge in [0.1, 0.15) is 5.82 Å². The quantitative estimate of drug-likeness (QED) is 0.523. The van der Waals surface area contributed by atoms with Crippen LogP contribution in [0, 0.1) is 0 Å². The van der Waals surface area contributed by atoms with Crippen LogP contribution in [0.5, 0.6) is 0 Å². The predicted molar refractivity (Wildman–Crippen MR) is 97.2 cm³/mol. The Labute approximate surface area is 160 Å². The first kappa shape index (κ1) is 21.2. The average Bonchev–Trinajstić information content (AvgIpc) is 2.67. The number of carbonyl (C=O) groups excluding carboxylic acids is 2. The third kappa shape index (κ3) is 6.26. The van der Waals surface area contributed by atoms with Gasteiger partial charge in [-0.25, -0.2) is 4.98 Å². The van der Waals surface area contributed by atoms with Crippen molar-refractivity contribution in [3.05, 3.63) is 53.7 Å². The molecule has 0 unspecified atom stereocenters. The molecular weight excluding hydrogens is 375 g/mol. The number of esters is 1. The van der Waals surface area contributed by atoms with Gasteiger partial charge in [0.15, 0.2) is 0 Å². The van der Waals surface area contributed by atoms with Crippen molar-refractivity contribution in [2.75, 3.05) is 19.0 Å². The van der Waals surface area contributed by atoms with Gasteiger partial charge in [0, 0.05) is 24.8 Å². The van der Waals surface area contributed by atoms with Gasteiger partial charge in [-0.1, -0.05) is 6.07 Å². The number of amides is 1. The summed E-state index contributed by atoms with van der Waals surface area (Å²) in [4.78, 5) is 27.5. The number of nitrogens with zero attached hydrogens (tertiary/aromatic N) is 1. The lowest BCUT2D eigenvalue weighted by Gasteiger charge is -2.13. The number of methoxy groups -OCH3 is 1. The maximum absolute atomic E-state index is 12.9. The molecule has 0 aliphatic heterocycles. The minimum absolute atomic E-state index is 0.147. The third-order valence-electron chi connectivity index (χ3n) is 3.83. The summed E-state index contributed by atoms with van der Waals surface area (Å²) in [5.41, 5.74) is -0.432. The molecule has 0 aliphatic rings. The van der Waals surface area contributed by atoms with E-state index in [4.69, 9.17) is 0 Å². The number of alkyl halides is 3. The number of nitrogens with one attached hydrogen (secondary N) is 2. The Balaban J connectivity index is 2.01. The molecular formula is C19H20F3N3O3. The fourth-order valence-electron chi connectivity index (χ4n) is 2.39. The van der Waals surface area contributed by atoms with E-state index in [1.54, 1.807) is 6.07 Å². The van der Waals surface area contributed by atoms with Gasteiger partial charge >= 0.3 is 12.1 Å². The SMILES string of the molecule is COC(=O)CCCCNC(=O)c1cccnc1Nc1cccc(C(F)(F)F)c1. The van der Waals surface area contributed by atoms with E-state index in [9.17, 15) is 22.8 Å². The molecule has 0 aliphatic carbocycles. The minimum Gasteiger partial charge on any atom is -0.469 e. The van der Waals surface area contributed by atoms with Crippen molar-refractivity contribution in [2.45, 2.75) is 25.4 Å². The van der Waals surface area contributed by atoms with Gasteiger partial charge in [-0.15, -0.1) is 0 Å². The minimum atomic E-state index is -4.47. The van der Waals surface area contributed by atoms with Gasteiger partial charge in [0.2, 0.25) is 0 Å². The highest BCUT2D eigenvalue weighted by Gasteiger charge is 2.30. The lowest BCUT2D eigenvalue weighted by atomic mass is 10.1. The van der Waals surface area contributed by atoms with Gasteiger partial charge in [-0.2, -0.15) is 13.2 Å². The second-order valence-corrected chi connectivity index (χ2v) is 5.89. The van der Waals surface area contributed by atoms with Crippen molar-refractivity contribution in [1.82, 2.24) is 10.3 Å². The molecule has 2 rings (SSSR count). The molecule has 0 spiro atoms. The predicted octanol–water partition coefficient (Wildman–Crippen LogP) is 3.92. The fraction of sp³-hybridized carbons (Fsp3) is 0.316. The highest BCUT2D eigenvalue weighted by Crippen LogP contribution is 2.31. The van der Waals surface area contributed by atoms with E-state index in [2.05, 4.69) is 20.4 Å². The van der Waals surface area contributed by atoms with Crippen LogP contribution in [0.2, 0.25) is 0 Å². The first-order chi connectivity index (χ1) is 13.3. The summed E-state index contributed by atoms with van der Waals surface area (Å²) in [7, 11) is 1.31. The number of carbonyl (C=O) groups is 2. The van der Waals surface area contributed by atoms with Gasteiger partial charge in [0.05, 0.1) is 18.2 Å². The van der Waals surface area contributed by atoms with Gasteiger partial charge in [-0.05, 0) is 43.2 Å². The van der Waals surface area contributed by atoms with Gasteiger partial charge < -0.3 is 15.4 Å². The van der Waals surface area contributed by atoms with Crippen molar-refractivity contribution in [3.8, 4) is 0 Å². The molecule has 9 heteroatoms. The summed E-state index contributed by atoms with van der Waals surface area (Å²) in [5, 5.41) is 5.46. The number of hydrogen-bond acceptors (Lipinski definition) is 5. The zero-order valence-corrected chi connectivity index (χ0v) is 15.2. The number of pyridine rings is 1. The van der Waals surface area contributed by atoms with E-state index >= 15 is 0 Å². The van der Waals surface area contributed by atoms with Crippen molar-refractivity contribution in [1.29, 1.82) is 0 Å². The van der Waals surface area contributed by atoms with Gasteiger partial charge in [-0.3, -0.25) is 9.59 Å². The van der Waals surface area contributed by atoms with Crippen LogP contribution < -0.4 is 10.6 Å². The molecule has 0 radical (unpaired) electrons. The summed E-state index contributed by atoms with van der Waals surface area (Å²) < 4.78 is 43.1. The monoisotopic (exact) mass is 395 g/mol. The zero-order valence-electron chi connectivity index (χ0n) is 15.2. The Bertz CT molecular complexity index is 825.